The molecule has 0 spiro atoms. The predicted octanol–water partition coefficient (Wildman–Crippen LogP) is -2.73. The van der Waals surface area contributed by atoms with Crippen molar-refractivity contribution in [3.8, 4) is 0 Å². The van der Waals surface area contributed by atoms with E-state index in [0.717, 1.165) is 17.6 Å². The van der Waals surface area contributed by atoms with Crippen LogP contribution in [0, 0.1) is 11.3 Å². The third-order valence-corrected chi connectivity index (χ3v) is 5.35. The molecule has 4 saturated heterocycles. The fourth-order valence-corrected chi connectivity index (χ4v) is 4.84. The van der Waals surface area contributed by atoms with Crippen LogP contribution in [0.3, 0.4) is 0 Å². The van der Waals surface area contributed by atoms with Gasteiger partial charge in [0.1, 0.15) is 13.1 Å². The number of piperidine rings is 2. The van der Waals surface area contributed by atoms with Crippen LogP contribution in [0.15, 0.2) is 0 Å². The van der Waals surface area contributed by atoms with Crippen molar-refractivity contribution in [1.82, 2.24) is 10.6 Å². The van der Waals surface area contributed by atoms with Crippen LogP contribution in [-0.4, -0.2) is 57.0 Å². The summed E-state index contributed by atoms with van der Waals surface area (Å²) < 4.78 is 0. The number of hydrogen-bond donors (Lipinski definition) is 4. The number of quaternary nitrogens is 2. The largest absolute Gasteiger partial charge is 0.363 e. The Morgan fingerprint density at radius 3 is 2.39 bits per heavy atom. The van der Waals surface area contributed by atoms with Gasteiger partial charge < -0.3 is 20.4 Å². The lowest BCUT2D eigenvalue weighted by Crippen LogP contribution is -3.17. The van der Waals surface area contributed by atoms with Gasteiger partial charge >= 0.3 is 0 Å². The maximum atomic E-state index is 5.40. The van der Waals surface area contributed by atoms with Crippen molar-refractivity contribution in [3.05, 3.63) is 0 Å². The number of nitrogens with one attached hydrogen (secondary N) is 4. The summed E-state index contributed by atoms with van der Waals surface area (Å²) in [6.07, 6.45) is 0. The van der Waals surface area contributed by atoms with E-state index in [4.69, 9.17) is 12.2 Å². The highest BCUT2D eigenvalue weighted by molar-refractivity contribution is 7.80. The topological polar surface area (TPSA) is 32.9 Å². The summed E-state index contributed by atoms with van der Waals surface area (Å²) in [7, 11) is 0. The molecular weight excluding hydrogens is 244 g/mol. The Morgan fingerprint density at radius 2 is 1.89 bits per heavy atom. The lowest BCUT2D eigenvalue weighted by molar-refractivity contribution is -0.918. The van der Waals surface area contributed by atoms with Crippen LogP contribution in [0.4, 0.5) is 0 Å². The minimum atomic E-state index is 0.418. The summed E-state index contributed by atoms with van der Waals surface area (Å²) in [5.74, 6) is 0.793. The van der Waals surface area contributed by atoms with Gasteiger partial charge in [0.05, 0.1) is 43.6 Å². The van der Waals surface area contributed by atoms with Crippen molar-refractivity contribution < 1.29 is 9.80 Å². The maximum Gasteiger partial charge on any atom is 0.166 e. The first kappa shape index (κ1) is 12.6. The molecule has 4 nitrogen and oxygen atoms in total. The zero-order valence-electron chi connectivity index (χ0n) is 11.5. The molecule has 4 aliphatic rings. The molecule has 3 atom stereocenters. The first-order chi connectivity index (χ1) is 8.60. The molecule has 0 saturated carbocycles. The van der Waals surface area contributed by atoms with E-state index in [1.54, 1.807) is 0 Å². The van der Waals surface area contributed by atoms with Gasteiger partial charge in [0.15, 0.2) is 5.11 Å². The normalized spacial score (nSPS) is 45.7. The second kappa shape index (κ2) is 4.62. The molecular formula is C13H26N4S+2. The summed E-state index contributed by atoms with van der Waals surface area (Å²) in [6.45, 7) is 13.5. The van der Waals surface area contributed by atoms with Gasteiger partial charge in [-0.2, -0.15) is 0 Å². The predicted molar refractivity (Wildman–Crippen MR) is 75.9 cm³/mol. The lowest BCUT2D eigenvalue weighted by Gasteiger charge is -2.49. The Hall–Kier alpha value is -0.390. The molecule has 4 bridgehead atoms. The molecule has 0 aromatic rings. The first-order valence-corrected chi connectivity index (χ1v) is 7.73. The zero-order valence-corrected chi connectivity index (χ0v) is 12.3. The SMILES string of the molecule is CCNC(=S)N[C@@H]1C2C[NH+]3CC[NH+](C2)CC1(C)C3. The molecule has 102 valence electrons. The molecule has 0 radical (unpaired) electrons. The van der Waals surface area contributed by atoms with Crippen molar-refractivity contribution in [2.45, 2.75) is 19.9 Å². The summed E-state index contributed by atoms with van der Waals surface area (Å²) in [6, 6.07) is 0.578. The van der Waals surface area contributed by atoms with Crippen molar-refractivity contribution in [2.75, 3.05) is 45.8 Å². The van der Waals surface area contributed by atoms with Crippen LogP contribution in [0.1, 0.15) is 13.8 Å². The van der Waals surface area contributed by atoms with E-state index in [1.165, 1.54) is 39.3 Å². The molecule has 4 fully saturated rings. The molecule has 4 N–H and O–H groups in total. The summed E-state index contributed by atoms with van der Waals surface area (Å²) in [5, 5.41) is 7.72. The molecule has 0 aromatic carbocycles. The molecule has 0 aliphatic carbocycles. The molecule has 18 heavy (non-hydrogen) atoms. The van der Waals surface area contributed by atoms with Crippen LogP contribution >= 0.6 is 12.2 Å². The van der Waals surface area contributed by atoms with Crippen molar-refractivity contribution in [2.24, 2.45) is 11.3 Å². The highest BCUT2D eigenvalue weighted by Crippen LogP contribution is 2.29. The van der Waals surface area contributed by atoms with Gasteiger partial charge in [-0.25, -0.2) is 0 Å². The Labute approximate surface area is 115 Å². The van der Waals surface area contributed by atoms with Crippen molar-refractivity contribution in [1.29, 1.82) is 0 Å². The quantitative estimate of drug-likeness (QED) is 0.411. The highest BCUT2D eigenvalue weighted by Gasteiger charge is 2.56. The molecule has 5 heteroatoms. The number of hydrogen-bond acceptors (Lipinski definition) is 1. The standard InChI is InChI=1S/C13H24N4S/c1-3-14-12(18)15-11-10-6-16-4-5-17(7-10)9-13(11,2)8-16/h10-11H,3-9H2,1-2H3,(H2,14,15,18)/p+2/t10?,11-,13?/m1/s1. The van der Waals surface area contributed by atoms with Crippen molar-refractivity contribution >= 4 is 17.3 Å². The molecule has 4 rings (SSSR count). The summed E-state index contributed by atoms with van der Waals surface area (Å²) in [5.41, 5.74) is 0.418. The summed E-state index contributed by atoms with van der Waals surface area (Å²) >= 11 is 5.40. The van der Waals surface area contributed by atoms with Gasteiger partial charge in [0.2, 0.25) is 0 Å². The third kappa shape index (κ3) is 2.12. The Bertz CT molecular complexity index is 330. The zero-order chi connectivity index (χ0) is 12.8. The van der Waals surface area contributed by atoms with E-state index >= 15 is 0 Å². The lowest BCUT2D eigenvalue weighted by atomic mass is 9.69. The summed E-state index contributed by atoms with van der Waals surface area (Å²) in [4.78, 5) is 3.64. The Kier molecular flexibility index (Phi) is 3.24. The second-order valence-electron chi connectivity index (χ2n) is 6.66. The number of fused-ring (bicyclic) bond motifs is 1. The van der Waals surface area contributed by atoms with E-state index in [2.05, 4.69) is 24.5 Å². The number of rotatable bonds is 2. The Balaban J connectivity index is 1.77. The van der Waals surface area contributed by atoms with Gasteiger partial charge in [-0.15, -0.1) is 0 Å². The molecule has 4 heterocycles. The van der Waals surface area contributed by atoms with Crippen molar-refractivity contribution in [3.63, 3.8) is 0 Å². The van der Waals surface area contributed by atoms with Crippen LogP contribution in [-0.2, 0) is 0 Å². The number of thiocarbonyl (C=S) groups is 1. The average Bonchev–Trinajstić information content (AvgIpc) is 2.52. The van der Waals surface area contributed by atoms with E-state index in [9.17, 15) is 0 Å². The fraction of sp³-hybridized carbons (Fsp3) is 0.923. The van der Waals surface area contributed by atoms with Gasteiger partial charge in [-0.3, -0.25) is 0 Å². The van der Waals surface area contributed by atoms with Crippen LogP contribution < -0.4 is 20.4 Å². The smallest absolute Gasteiger partial charge is 0.166 e. The van der Waals surface area contributed by atoms with Crippen LogP contribution in [0.2, 0.25) is 0 Å². The average molecular weight is 270 g/mol. The monoisotopic (exact) mass is 270 g/mol. The van der Waals surface area contributed by atoms with Gasteiger partial charge in [0.25, 0.3) is 0 Å². The molecule has 2 unspecified atom stereocenters. The van der Waals surface area contributed by atoms with E-state index in [1.807, 2.05) is 9.80 Å². The molecule has 0 aromatic heterocycles. The maximum absolute atomic E-state index is 5.40. The van der Waals surface area contributed by atoms with E-state index < -0.39 is 0 Å². The van der Waals surface area contributed by atoms with Gasteiger partial charge in [-0.05, 0) is 26.1 Å². The molecule has 4 aliphatic heterocycles. The first-order valence-electron chi connectivity index (χ1n) is 7.32. The van der Waals surface area contributed by atoms with E-state index in [-0.39, 0.29) is 0 Å². The molecule has 0 amide bonds. The van der Waals surface area contributed by atoms with Gasteiger partial charge in [0, 0.05) is 6.54 Å². The third-order valence-electron chi connectivity index (χ3n) is 5.09. The highest BCUT2D eigenvalue weighted by atomic mass is 32.1. The van der Waals surface area contributed by atoms with Gasteiger partial charge in [-0.1, -0.05) is 0 Å². The Morgan fingerprint density at radius 1 is 1.28 bits per heavy atom. The minimum absolute atomic E-state index is 0.418. The minimum Gasteiger partial charge on any atom is -0.363 e. The second-order valence-corrected chi connectivity index (χ2v) is 7.07. The van der Waals surface area contributed by atoms with Crippen LogP contribution in [0.25, 0.3) is 0 Å². The van der Waals surface area contributed by atoms with Crippen LogP contribution in [0.5, 0.6) is 0 Å². The fourth-order valence-electron chi connectivity index (χ4n) is 4.57. The van der Waals surface area contributed by atoms with E-state index in [0.29, 0.717) is 11.5 Å².